The van der Waals surface area contributed by atoms with E-state index in [0.29, 0.717) is 71.1 Å². The molecule has 0 aromatic carbocycles. The van der Waals surface area contributed by atoms with Crippen LogP contribution in [0.15, 0.2) is 23.7 Å². The largest absolute Gasteiger partial charge is 0.466 e. The third-order valence-corrected chi connectivity index (χ3v) is 10.6. The first kappa shape index (κ1) is 28.7. The predicted molar refractivity (Wildman–Crippen MR) is 166 cm³/mol. The van der Waals surface area contributed by atoms with E-state index in [1.807, 2.05) is 23.3 Å². The zero-order valence-corrected chi connectivity index (χ0v) is 25.8. The van der Waals surface area contributed by atoms with E-state index in [1.165, 1.54) is 24.2 Å². The Bertz CT molecular complexity index is 1410. The Morgan fingerprint density at radius 3 is 2.71 bits per heavy atom. The standard InChI is InChI=1S/C28H32Cl2N6O3S2/c1-2-39-27(38)16-5-8-35(9-6-16)24-20(30)10-18(12-32-24)25(37)34-28-33-23(22-11-19(29)15-40-22)26(41-28)36-13-17-4-3-7-31-21(17)14-36/h10-12,15-17,21,31H,2-9,13-14H2,1H3,(H,33,34,37). The van der Waals surface area contributed by atoms with Gasteiger partial charge in [0.15, 0.2) is 5.13 Å². The molecule has 3 fully saturated rings. The van der Waals surface area contributed by atoms with Gasteiger partial charge in [-0.05, 0) is 57.2 Å². The molecular weight excluding hydrogens is 603 g/mol. The highest BCUT2D eigenvalue weighted by molar-refractivity contribution is 7.21. The average Bonchev–Trinajstić information content (AvgIpc) is 3.71. The van der Waals surface area contributed by atoms with Crippen molar-refractivity contribution in [2.24, 2.45) is 11.8 Å². The summed E-state index contributed by atoms with van der Waals surface area (Å²) in [5.41, 5.74) is 1.20. The Morgan fingerprint density at radius 1 is 1.17 bits per heavy atom. The molecule has 3 aliphatic rings. The second-order valence-electron chi connectivity index (χ2n) is 10.7. The molecule has 2 unspecified atom stereocenters. The number of anilines is 3. The number of halogens is 2. The van der Waals surface area contributed by atoms with Crippen molar-refractivity contribution in [3.05, 3.63) is 39.3 Å². The first-order valence-corrected chi connectivity index (χ1v) is 16.5. The molecule has 218 valence electrons. The maximum Gasteiger partial charge on any atom is 0.309 e. The minimum absolute atomic E-state index is 0.103. The fourth-order valence-corrected chi connectivity index (χ4v) is 8.34. The fraction of sp³-hybridized carbons (Fsp3) is 0.500. The quantitative estimate of drug-likeness (QED) is 0.315. The van der Waals surface area contributed by atoms with Crippen molar-refractivity contribution in [2.45, 2.75) is 38.6 Å². The number of hydrogen-bond donors (Lipinski definition) is 2. The molecule has 13 heteroatoms. The lowest BCUT2D eigenvalue weighted by atomic mass is 9.94. The van der Waals surface area contributed by atoms with E-state index in [2.05, 4.69) is 20.5 Å². The zero-order chi connectivity index (χ0) is 28.5. The predicted octanol–water partition coefficient (Wildman–Crippen LogP) is 5.79. The second kappa shape index (κ2) is 12.4. The Hall–Kier alpha value is -2.44. The molecule has 3 aromatic heterocycles. The van der Waals surface area contributed by atoms with Gasteiger partial charge in [0.2, 0.25) is 0 Å². The van der Waals surface area contributed by atoms with Gasteiger partial charge in [-0.25, -0.2) is 9.97 Å². The minimum atomic E-state index is -0.320. The van der Waals surface area contributed by atoms with Crippen molar-refractivity contribution >= 4 is 73.7 Å². The number of piperidine rings is 2. The van der Waals surface area contributed by atoms with E-state index in [9.17, 15) is 9.59 Å². The molecule has 0 bridgehead atoms. The molecule has 6 heterocycles. The summed E-state index contributed by atoms with van der Waals surface area (Å²) >= 11 is 15.9. The highest BCUT2D eigenvalue weighted by Gasteiger charge is 2.36. The average molecular weight is 636 g/mol. The summed E-state index contributed by atoms with van der Waals surface area (Å²) in [7, 11) is 0. The number of amides is 1. The summed E-state index contributed by atoms with van der Waals surface area (Å²) in [6.45, 7) is 6.45. The number of thiophene rings is 1. The van der Waals surface area contributed by atoms with Crippen LogP contribution in [0.3, 0.4) is 0 Å². The topological polar surface area (TPSA) is 99.7 Å². The van der Waals surface area contributed by atoms with E-state index in [0.717, 1.165) is 35.2 Å². The molecule has 0 radical (unpaired) electrons. The van der Waals surface area contributed by atoms with Crippen molar-refractivity contribution in [2.75, 3.05) is 54.4 Å². The molecule has 0 spiro atoms. The van der Waals surface area contributed by atoms with E-state index < -0.39 is 0 Å². The SMILES string of the molecule is CCOC(=O)C1CCN(c2ncc(C(=O)Nc3nc(-c4cc(Cl)cs4)c(N4CC5CCCNC5C4)s3)cc2Cl)CC1. The third-order valence-electron chi connectivity index (χ3n) is 8.02. The molecule has 2 N–H and O–H groups in total. The number of thiazole rings is 1. The zero-order valence-electron chi connectivity index (χ0n) is 22.7. The lowest BCUT2D eigenvalue weighted by molar-refractivity contribution is -0.148. The molecule has 3 aromatic rings. The van der Waals surface area contributed by atoms with Crippen LogP contribution in [-0.2, 0) is 9.53 Å². The Morgan fingerprint density at radius 2 is 2.00 bits per heavy atom. The number of carbonyl (C=O) groups is 2. The van der Waals surface area contributed by atoms with Crippen LogP contribution in [0.2, 0.25) is 10.0 Å². The van der Waals surface area contributed by atoms with E-state index in [1.54, 1.807) is 23.6 Å². The van der Waals surface area contributed by atoms with Gasteiger partial charge in [0.25, 0.3) is 5.91 Å². The molecular formula is C28H32Cl2N6O3S2. The lowest BCUT2D eigenvalue weighted by Crippen LogP contribution is -2.40. The summed E-state index contributed by atoms with van der Waals surface area (Å²) < 4.78 is 5.16. The van der Waals surface area contributed by atoms with Gasteiger partial charge < -0.3 is 19.9 Å². The van der Waals surface area contributed by atoms with Gasteiger partial charge in [-0.2, -0.15) is 0 Å². The number of pyridine rings is 1. The lowest BCUT2D eigenvalue weighted by Gasteiger charge is -2.32. The smallest absolute Gasteiger partial charge is 0.309 e. The van der Waals surface area contributed by atoms with Gasteiger partial charge in [0.1, 0.15) is 16.5 Å². The Labute approximate surface area is 257 Å². The van der Waals surface area contributed by atoms with Crippen LogP contribution in [0.4, 0.5) is 16.0 Å². The van der Waals surface area contributed by atoms with Crippen LogP contribution in [0.1, 0.15) is 43.0 Å². The molecule has 0 aliphatic carbocycles. The number of hydrogen-bond acceptors (Lipinski definition) is 10. The van der Waals surface area contributed by atoms with Crippen molar-refractivity contribution in [3.8, 4) is 10.6 Å². The summed E-state index contributed by atoms with van der Waals surface area (Å²) in [6, 6.07) is 4.05. The first-order chi connectivity index (χ1) is 19.9. The molecule has 6 rings (SSSR count). The summed E-state index contributed by atoms with van der Waals surface area (Å²) in [5.74, 6) is 0.664. The van der Waals surface area contributed by atoms with Gasteiger partial charge >= 0.3 is 5.97 Å². The van der Waals surface area contributed by atoms with Crippen LogP contribution in [0, 0.1) is 11.8 Å². The second-order valence-corrected chi connectivity index (χ2v) is 13.4. The maximum atomic E-state index is 13.3. The van der Waals surface area contributed by atoms with Crippen LogP contribution in [-0.4, -0.2) is 67.2 Å². The maximum absolute atomic E-state index is 13.3. The number of nitrogens with zero attached hydrogens (tertiary/aromatic N) is 4. The normalized spacial score (nSPS) is 21.1. The van der Waals surface area contributed by atoms with Gasteiger partial charge in [-0.3, -0.25) is 14.9 Å². The number of ether oxygens (including phenoxy) is 1. The summed E-state index contributed by atoms with van der Waals surface area (Å²) in [4.78, 5) is 40.1. The monoisotopic (exact) mass is 634 g/mol. The molecule has 41 heavy (non-hydrogen) atoms. The number of esters is 1. The van der Waals surface area contributed by atoms with Crippen molar-refractivity contribution in [1.82, 2.24) is 15.3 Å². The number of rotatable bonds is 7. The highest BCUT2D eigenvalue weighted by atomic mass is 35.5. The van der Waals surface area contributed by atoms with Gasteiger partial charge in [0.05, 0.1) is 33.0 Å². The van der Waals surface area contributed by atoms with Crippen molar-refractivity contribution < 1.29 is 14.3 Å². The Kier molecular flexibility index (Phi) is 8.69. The molecule has 9 nitrogen and oxygen atoms in total. The first-order valence-electron chi connectivity index (χ1n) is 14.0. The Balaban J connectivity index is 1.16. The van der Waals surface area contributed by atoms with Gasteiger partial charge in [-0.15, -0.1) is 11.3 Å². The molecule has 2 atom stereocenters. The van der Waals surface area contributed by atoms with Crippen LogP contribution in [0.25, 0.3) is 10.6 Å². The molecule has 0 saturated carbocycles. The molecule has 3 saturated heterocycles. The van der Waals surface area contributed by atoms with E-state index in [-0.39, 0.29) is 17.8 Å². The van der Waals surface area contributed by atoms with E-state index in [4.69, 9.17) is 32.9 Å². The number of fused-ring (bicyclic) bond motifs is 1. The number of aromatic nitrogens is 2. The van der Waals surface area contributed by atoms with Crippen LogP contribution < -0.4 is 20.4 Å². The van der Waals surface area contributed by atoms with Crippen LogP contribution in [0.5, 0.6) is 0 Å². The van der Waals surface area contributed by atoms with Gasteiger partial charge in [-0.1, -0.05) is 34.5 Å². The van der Waals surface area contributed by atoms with Gasteiger partial charge in [0, 0.05) is 43.8 Å². The minimum Gasteiger partial charge on any atom is -0.466 e. The number of nitrogens with one attached hydrogen (secondary N) is 2. The summed E-state index contributed by atoms with van der Waals surface area (Å²) in [6.07, 6.45) is 5.33. The van der Waals surface area contributed by atoms with Crippen LogP contribution >= 0.6 is 45.9 Å². The molecule has 3 aliphatic heterocycles. The number of carbonyl (C=O) groups excluding carboxylic acids is 2. The van der Waals surface area contributed by atoms with Crippen molar-refractivity contribution in [1.29, 1.82) is 0 Å². The van der Waals surface area contributed by atoms with Crippen molar-refractivity contribution in [3.63, 3.8) is 0 Å². The molecule has 1 amide bonds. The summed E-state index contributed by atoms with van der Waals surface area (Å²) in [5, 5.41) is 11.2. The highest BCUT2D eigenvalue weighted by Crippen LogP contribution is 2.44. The third kappa shape index (κ3) is 6.19. The van der Waals surface area contributed by atoms with E-state index >= 15 is 0 Å². The fourth-order valence-electron chi connectivity index (χ4n) is 5.93.